The summed E-state index contributed by atoms with van der Waals surface area (Å²) in [6, 6.07) is 44.0. The van der Waals surface area contributed by atoms with Crippen molar-refractivity contribution in [1.29, 1.82) is 0 Å². The summed E-state index contributed by atoms with van der Waals surface area (Å²) in [5.74, 6) is 0. The van der Waals surface area contributed by atoms with Crippen LogP contribution in [0.25, 0.3) is 76.9 Å². The van der Waals surface area contributed by atoms with Gasteiger partial charge in [-0.05, 0) is 86.3 Å². The Balaban J connectivity index is 1.30. The van der Waals surface area contributed by atoms with Gasteiger partial charge in [-0.1, -0.05) is 158 Å². The number of furan rings is 1. The minimum absolute atomic E-state index is 0.107. The van der Waals surface area contributed by atoms with E-state index in [0.717, 1.165) is 37.9 Å². The molecule has 0 atom stereocenters. The number of rotatable bonds is 6. The topological polar surface area (TPSA) is 16.4 Å². The standard InChI is InChI=1S/C50H33NO/c1-2-12-34(13-3-1)35-24-29-39(30-25-35)51(40-31-26-38(27-32-40)42-20-10-16-36-14-4-6-17-41(36)42)47-22-9-8-19-44(47)45-21-11-23-48-49(45)46-33-28-37-15-5-7-18-43(37)50(46)52-48/h1-33H/i24D,25D,26D,27D,29D,30D,31D,32D. The summed E-state index contributed by atoms with van der Waals surface area (Å²) < 4.78 is 82.7. The number of para-hydroxylation sites is 1. The Morgan fingerprint density at radius 1 is 0.385 bits per heavy atom. The molecule has 244 valence electrons. The lowest BCUT2D eigenvalue weighted by atomic mass is 9.95. The Morgan fingerprint density at radius 2 is 0.962 bits per heavy atom. The molecule has 0 fully saturated rings. The number of benzene rings is 9. The van der Waals surface area contributed by atoms with Crippen LogP contribution < -0.4 is 4.90 Å². The van der Waals surface area contributed by atoms with Crippen LogP contribution in [0.4, 0.5) is 17.1 Å². The molecule has 1 heterocycles. The third-order valence-electron chi connectivity index (χ3n) is 9.61. The van der Waals surface area contributed by atoms with Gasteiger partial charge in [-0.3, -0.25) is 0 Å². The van der Waals surface area contributed by atoms with Gasteiger partial charge in [-0.15, -0.1) is 0 Å². The predicted octanol–water partition coefficient (Wildman–Crippen LogP) is 14.4. The van der Waals surface area contributed by atoms with Crippen molar-refractivity contribution in [2.75, 3.05) is 4.90 Å². The van der Waals surface area contributed by atoms with Crippen LogP contribution in [0.2, 0.25) is 0 Å². The van der Waals surface area contributed by atoms with Gasteiger partial charge >= 0.3 is 0 Å². The van der Waals surface area contributed by atoms with Gasteiger partial charge in [0.05, 0.1) is 16.7 Å². The minimum Gasteiger partial charge on any atom is -0.455 e. The van der Waals surface area contributed by atoms with Gasteiger partial charge in [0, 0.05) is 33.1 Å². The SMILES string of the molecule is [2H]c1c([2H])c(N(c2ccccc2-c2cccc3oc4c5ccccc5ccc4c23)c2c([2H])c([2H])c(-c3cccc4ccccc34)c([2H])c2[2H])c([2H])c([2H])c1-c1ccccc1. The fraction of sp³-hybridized carbons (Fsp3) is 0. The molecule has 0 aliphatic carbocycles. The van der Waals surface area contributed by atoms with Crippen LogP contribution >= 0.6 is 0 Å². The van der Waals surface area contributed by atoms with Gasteiger partial charge in [-0.2, -0.15) is 0 Å². The van der Waals surface area contributed by atoms with E-state index in [0.29, 0.717) is 33.5 Å². The van der Waals surface area contributed by atoms with Gasteiger partial charge in [-0.25, -0.2) is 0 Å². The molecule has 0 amide bonds. The molecule has 2 heteroatoms. The second-order valence-corrected chi connectivity index (χ2v) is 12.6. The zero-order valence-corrected chi connectivity index (χ0v) is 27.8. The number of fused-ring (bicyclic) bond motifs is 6. The fourth-order valence-electron chi connectivity index (χ4n) is 7.19. The molecular weight excluding hydrogens is 631 g/mol. The van der Waals surface area contributed by atoms with E-state index in [2.05, 4.69) is 0 Å². The summed E-state index contributed by atoms with van der Waals surface area (Å²) >= 11 is 0. The largest absolute Gasteiger partial charge is 0.455 e. The van der Waals surface area contributed by atoms with Crippen molar-refractivity contribution < 1.29 is 15.4 Å². The zero-order chi connectivity index (χ0) is 41.4. The molecule has 0 N–H and O–H groups in total. The van der Waals surface area contributed by atoms with E-state index in [1.165, 1.54) is 4.90 Å². The van der Waals surface area contributed by atoms with Crippen molar-refractivity contribution in [1.82, 2.24) is 0 Å². The van der Waals surface area contributed by atoms with Crippen LogP contribution in [0.3, 0.4) is 0 Å². The summed E-state index contributed by atoms with van der Waals surface area (Å²) in [5, 5.41) is 5.28. The molecule has 1 aromatic heterocycles. The summed E-state index contributed by atoms with van der Waals surface area (Å²) in [6.07, 6.45) is 0. The summed E-state index contributed by atoms with van der Waals surface area (Å²) in [4.78, 5) is 1.38. The lowest BCUT2D eigenvalue weighted by molar-refractivity contribution is 0.673. The number of nitrogens with zero attached hydrogens (tertiary/aromatic N) is 1. The van der Waals surface area contributed by atoms with Crippen LogP contribution in [-0.4, -0.2) is 0 Å². The van der Waals surface area contributed by atoms with Crippen molar-refractivity contribution in [2.24, 2.45) is 0 Å². The monoisotopic (exact) mass is 671 g/mol. The number of hydrogen-bond acceptors (Lipinski definition) is 2. The summed E-state index contributed by atoms with van der Waals surface area (Å²) in [6.45, 7) is 0. The predicted molar refractivity (Wildman–Crippen MR) is 220 cm³/mol. The van der Waals surface area contributed by atoms with Crippen molar-refractivity contribution in [2.45, 2.75) is 0 Å². The van der Waals surface area contributed by atoms with E-state index in [1.807, 2.05) is 109 Å². The molecule has 10 aromatic rings. The van der Waals surface area contributed by atoms with Gasteiger partial charge in [0.25, 0.3) is 0 Å². The zero-order valence-electron chi connectivity index (χ0n) is 35.8. The molecule has 0 unspecified atom stereocenters. The Bertz CT molecular complexity index is 3320. The minimum atomic E-state index is -0.406. The van der Waals surface area contributed by atoms with Crippen LogP contribution in [-0.2, 0) is 0 Å². The summed E-state index contributed by atoms with van der Waals surface area (Å²) in [7, 11) is 0. The molecule has 2 nitrogen and oxygen atoms in total. The first-order chi connectivity index (χ1) is 29.2. The van der Waals surface area contributed by atoms with Crippen molar-refractivity contribution >= 4 is 60.5 Å². The molecule has 0 bridgehead atoms. The molecule has 9 aromatic carbocycles. The van der Waals surface area contributed by atoms with E-state index < -0.39 is 24.2 Å². The highest BCUT2D eigenvalue weighted by molar-refractivity contribution is 6.19. The second-order valence-electron chi connectivity index (χ2n) is 12.6. The molecule has 0 radical (unpaired) electrons. The molecule has 0 aliphatic heterocycles. The van der Waals surface area contributed by atoms with E-state index in [1.54, 1.807) is 42.5 Å². The maximum atomic E-state index is 9.69. The average molecular weight is 672 g/mol. The maximum absolute atomic E-state index is 9.69. The average Bonchev–Trinajstić information content (AvgIpc) is 3.68. The summed E-state index contributed by atoms with van der Waals surface area (Å²) in [5.41, 5.74) is 3.79. The van der Waals surface area contributed by atoms with E-state index in [9.17, 15) is 11.0 Å². The smallest absolute Gasteiger partial charge is 0.143 e. The highest BCUT2D eigenvalue weighted by Gasteiger charge is 2.21. The highest BCUT2D eigenvalue weighted by atomic mass is 16.3. The molecule has 52 heavy (non-hydrogen) atoms. The quantitative estimate of drug-likeness (QED) is 0.175. The lowest BCUT2D eigenvalue weighted by Crippen LogP contribution is -2.11. The van der Waals surface area contributed by atoms with E-state index in [-0.39, 0.29) is 46.7 Å². The maximum Gasteiger partial charge on any atom is 0.143 e. The van der Waals surface area contributed by atoms with Crippen LogP contribution in [0.15, 0.2) is 204 Å². The highest BCUT2D eigenvalue weighted by Crippen LogP contribution is 2.46. The van der Waals surface area contributed by atoms with Crippen LogP contribution in [0.5, 0.6) is 0 Å². The van der Waals surface area contributed by atoms with Gasteiger partial charge in [0.15, 0.2) is 0 Å². The fourth-order valence-corrected chi connectivity index (χ4v) is 7.19. The Morgan fingerprint density at radius 3 is 1.75 bits per heavy atom. The molecule has 0 spiro atoms. The van der Waals surface area contributed by atoms with Gasteiger partial charge in [0.2, 0.25) is 0 Å². The van der Waals surface area contributed by atoms with Crippen molar-refractivity contribution in [3.8, 4) is 33.4 Å². The van der Waals surface area contributed by atoms with E-state index in [4.69, 9.17) is 4.42 Å². The third-order valence-corrected chi connectivity index (χ3v) is 9.61. The molecule has 0 aliphatic rings. The van der Waals surface area contributed by atoms with Gasteiger partial charge in [0.1, 0.15) is 11.2 Å². The Labute approximate surface area is 313 Å². The normalized spacial score (nSPS) is 13.6. The molecular formula is C50H33NO. The van der Waals surface area contributed by atoms with Crippen LogP contribution in [0.1, 0.15) is 11.0 Å². The number of anilines is 3. The Kier molecular flexibility index (Phi) is 5.45. The molecule has 0 saturated carbocycles. The van der Waals surface area contributed by atoms with Crippen LogP contribution in [0, 0.1) is 0 Å². The first-order valence-electron chi connectivity index (χ1n) is 21.1. The van der Waals surface area contributed by atoms with Crippen molar-refractivity contribution in [3.05, 3.63) is 200 Å². The van der Waals surface area contributed by atoms with E-state index >= 15 is 0 Å². The van der Waals surface area contributed by atoms with Gasteiger partial charge < -0.3 is 9.32 Å². The molecule has 0 saturated heterocycles. The number of hydrogen-bond donors (Lipinski definition) is 0. The third kappa shape index (κ3) is 5.04. The first kappa shape index (κ1) is 22.7. The second kappa shape index (κ2) is 12.5. The molecule has 10 rings (SSSR count). The lowest BCUT2D eigenvalue weighted by Gasteiger charge is -2.28. The Hall–Kier alpha value is -6.90. The van der Waals surface area contributed by atoms with Crippen molar-refractivity contribution in [3.63, 3.8) is 0 Å². The first-order valence-corrected chi connectivity index (χ1v) is 17.1.